The second-order valence-electron chi connectivity index (χ2n) is 7.69. The minimum Gasteiger partial charge on any atom is -0.372 e. The number of nitrogens with one attached hydrogen (secondary N) is 1. The summed E-state index contributed by atoms with van der Waals surface area (Å²) in [4.78, 5) is 23.8. The number of rotatable bonds is 4. The zero-order valence-electron chi connectivity index (χ0n) is 16.8. The van der Waals surface area contributed by atoms with E-state index in [9.17, 15) is 4.79 Å². The quantitative estimate of drug-likeness (QED) is 0.742. The van der Waals surface area contributed by atoms with Crippen LogP contribution in [0.15, 0.2) is 41.3 Å². The number of anilines is 3. The third-order valence-corrected chi connectivity index (χ3v) is 5.59. The van der Waals surface area contributed by atoms with Crippen LogP contribution in [0.5, 0.6) is 0 Å². The van der Waals surface area contributed by atoms with Crippen molar-refractivity contribution in [1.82, 2.24) is 14.5 Å². The lowest BCUT2D eigenvalue weighted by Crippen LogP contribution is -2.32. The summed E-state index contributed by atoms with van der Waals surface area (Å²) in [5, 5.41) is 4.14. The van der Waals surface area contributed by atoms with E-state index in [1.165, 1.54) is 18.5 Å². The Morgan fingerprint density at radius 2 is 1.89 bits per heavy atom. The first-order valence-electron chi connectivity index (χ1n) is 10.0. The van der Waals surface area contributed by atoms with Gasteiger partial charge in [0.1, 0.15) is 5.65 Å². The number of benzene rings is 1. The van der Waals surface area contributed by atoms with Crippen molar-refractivity contribution < 1.29 is 0 Å². The van der Waals surface area contributed by atoms with Crippen molar-refractivity contribution in [1.29, 1.82) is 0 Å². The maximum Gasteiger partial charge on any atom is 0.255 e. The van der Waals surface area contributed by atoms with Gasteiger partial charge in [-0.05, 0) is 62.9 Å². The smallest absolute Gasteiger partial charge is 0.255 e. The highest BCUT2D eigenvalue weighted by Gasteiger charge is 2.16. The number of hydrogen-bond donors (Lipinski definition) is 1. The Hall–Kier alpha value is -2.89. The van der Waals surface area contributed by atoms with E-state index in [0.717, 1.165) is 30.1 Å². The second-order valence-corrected chi connectivity index (χ2v) is 7.69. The van der Waals surface area contributed by atoms with Crippen molar-refractivity contribution >= 4 is 28.4 Å². The summed E-state index contributed by atoms with van der Waals surface area (Å²) in [6, 6.07) is 10.3. The molecule has 0 unspecified atom stereocenters. The van der Waals surface area contributed by atoms with Crippen molar-refractivity contribution in [2.24, 2.45) is 5.92 Å². The summed E-state index contributed by atoms with van der Waals surface area (Å²) in [6.07, 6.45) is 4.28. The van der Waals surface area contributed by atoms with E-state index in [0.29, 0.717) is 23.7 Å². The van der Waals surface area contributed by atoms with E-state index in [1.807, 2.05) is 19.9 Å². The first-order valence-corrected chi connectivity index (χ1v) is 10.0. The number of pyridine rings is 1. The summed E-state index contributed by atoms with van der Waals surface area (Å²) in [6.45, 7) is 8.93. The fourth-order valence-electron chi connectivity index (χ4n) is 3.81. The minimum absolute atomic E-state index is 0.000136. The van der Waals surface area contributed by atoms with Gasteiger partial charge in [-0.2, -0.15) is 4.98 Å². The summed E-state index contributed by atoms with van der Waals surface area (Å²) >= 11 is 0. The molecule has 1 aliphatic heterocycles. The van der Waals surface area contributed by atoms with Gasteiger partial charge in [0, 0.05) is 48.2 Å². The highest BCUT2D eigenvalue weighted by Crippen LogP contribution is 2.25. The fourth-order valence-corrected chi connectivity index (χ4v) is 3.81. The first-order chi connectivity index (χ1) is 13.5. The molecule has 1 aliphatic rings. The highest BCUT2D eigenvalue weighted by molar-refractivity contribution is 5.76. The van der Waals surface area contributed by atoms with Gasteiger partial charge >= 0.3 is 0 Å². The molecule has 28 heavy (non-hydrogen) atoms. The molecule has 4 rings (SSSR count). The predicted octanol–water partition coefficient (Wildman–Crippen LogP) is 4.10. The molecule has 1 saturated heterocycles. The SMILES string of the molecule is CCn1c(=O)c(C)cc2cnc(Nc3ccc(N4CCC(C)CC4)cc3)nc21. The molecule has 1 N–H and O–H groups in total. The molecule has 0 saturated carbocycles. The second kappa shape index (κ2) is 7.62. The number of aryl methyl sites for hydroxylation is 2. The van der Waals surface area contributed by atoms with Crippen LogP contribution in [-0.2, 0) is 6.54 Å². The third-order valence-electron chi connectivity index (χ3n) is 5.59. The maximum absolute atomic E-state index is 12.4. The molecule has 1 aromatic carbocycles. The molecule has 2 aromatic heterocycles. The number of hydrogen-bond acceptors (Lipinski definition) is 5. The maximum atomic E-state index is 12.4. The van der Waals surface area contributed by atoms with Gasteiger partial charge in [0.25, 0.3) is 5.56 Å². The van der Waals surface area contributed by atoms with Crippen LogP contribution in [0.2, 0.25) is 0 Å². The van der Waals surface area contributed by atoms with E-state index in [-0.39, 0.29) is 5.56 Å². The lowest BCUT2D eigenvalue weighted by Gasteiger charge is -2.32. The van der Waals surface area contributed by atoms with Crippen LogP contribution in [-0.4, -0.2) is 27.6 Å². The monoisotopic (exact) mass is 377 g/mol. The van der Waals surface area contributed by atoms with Crippen LogP contribution in [0.1, 0.15) is 32.3 Å². The van der Waals surface area contributed by atoms with Gasteiger partial charge in [-0.1, -0.05) is 6.92 Å². The number of aromatic nitrogens is 3. The van der Waals surface area contributed by atoms with Crippen LogP contribution in [0, 0.1) is 12.8 Å². The highest BCUT2D eigenvalue weighted by atomic mass is 16.1. The zero-order chi connectivity index (χ0) is 19.7. The third kappa shape index (κ3) is 3.59. The van der Waals surface area contributed by atoms with Crippen LogP contribution < -0.4 is 15.8 Å². The largest absolute Gasteiger partial charge is 0.372 e. The molecular weight excluding hydrogens is 350 g/mol. The molecule has 0 atom stereocenters. The molecule has 0 amide bonds. The summed E-state index contributed by atoms with van der Waals surface area (Å²) in [5.74, 6) is 1.32. The van der Waals surface area contributed by atoms with Crippen LogP contribution in [0.25, 0.3) is 11.0 Å². The van der Waals surface area contributed by atoms with Crippen LogP contribution >= 0.6 is 0 Å². The zero-order valence-corrected chi connectivity index (χ0v) is 16.8. The van der Waals surface area contributed by atoms with Gasteiger partial charge in [-0.3, -0.25) is 9.36 Å². The number of fused-ring (bicyclic) bond motifs is 1. The molecule has 3 aromatic rings. The Balaban J connectivity index is 1.56. The van der Waals surface area contributed by atoms with Gasteiger partial charge in [0.15, 0.2) is 0 Å². The van der Waals surface area contributed by atoms with Gasteiger partial charge in [-0.25, -0.2) is 4.98 Å². The summed E-state index contributed by atoms with van der Waals surface area (Å²) < 4.78 is 1.69. The van der Waals surface area contributed by atoms with E-state index >= 15 is 0 Å². The standard InChI is InChI=1S/C22H27N5O/c1-4-27-20-17(13-16(3)21(27)28)14-23-22(25-20)24-18-5-7-19(8-6-18)26-11-9-15(2)10-12-26/h5-8,13-15H,4,9-12H2,1-3H3,(H,23,24,25). The fraction of sp³-hybridized carbons (Fsp3) is 0.409. The van der Waals surface area contributed by atoms with Crippen molar-refractivity contribution in [3.8, 4) is 0 Å². The van der Waals surface area contributed by atoms with Gasteiger partial charge in [-0.15, -0.1) is 0 Å². The van der Waals surface area contributed by atoms with E-state index in [2.05, 4.69) is 51.4 Å². The Bertz CT molecular complexity index is 1030. The number of piperidine rings is 1. The van der Waals surface area contributed by atoms with Crippen LogP contribution in [0.3, 0.4) is 0 Å². The Morgan fingerprint density at radius 1 is 1.18 bits per heavy atom. The Labute approximate surface area is 165 Å². The molecule has 0 spiro atoms. The van der Waals surface area contributed by atoms with Crippen LogP contribution in [0.4, 0.5) is 17.3 Å². The predicted molar refractivity (Wildman–Crippen MR) is 115 cm³/mol. The first kappa shape index (κ1) is 18.5. The topological polar surface area (TPSA) is 63.1 Å². The molecule has 0 aliphatic carbocycles. The molecule has 6 heteroatoms. The molecule has 146 valence electrons. The van der Waals surface area contributed by atoms with Crippen molar-refractivity contribution in [2.75, 3.05) is 23.3 Å². The lowest BCUT2D eigenvalue weighted by molar-refractivity contribution is 0.438. The van der Waals surface area contributed by atoms with E-state index in [4.69, 9.17) is 0 Å². The lowest BCUT2D eigenvalue weighted by atomic mass is 9.99. The summed E-state index contributed by atoms with van der Waals surface area (Å²) in [5.41, 5.74) is 3.56. The normalized spacial score (nSPS) is 15.2. The summed E-state index contributed by atoms with van der Waals surface area (Å²) in [7, 11) is 0. The minimum atomic E-state index is -0.000136. The van der Waals surface area contributed by atoms with E-state index < -0.39 is 0 Å². The molecular formula is C22H27N5O. The van der Waals surface area contributed by atoms with Crippen molar-refractivity contribution in [2.45, 2.75) is 40.2 Å². The van der Waals surface area contributed by atoms with Crippen molar-refractivity contribution in [3.05, 3.63) is 52.4 Å². The molecule has 1 fully saturated rings. The molecule has 0 radical (unpaired) electrons. The molecule has 0 bridgehead atoms. The average Bonchev–Trinajstić information content (AvgIpc) is 2.71. The van der Waals surface area contributed by atoms with Gasteiger partial charge < -0.3 is 10.2 Å². The Kier molecular flexibility index (Phi) is 5.03. The van der Waals surface area contributed by atoms with Crippen molar-refractivity contribution in [3.63, 3.8) is 0 Å². The van der Waals surface area contributed by atoms with Gasteiger partial charge in [0.05, 0.1) is 0 Å². The molecule has 3 heterocycles. The Morgan fingerprint density at radius 3 is 2.57 bits per heavy atom. The van der Waals surface area contributed by atoms with Gasteiger partial charge in [0.2, 0.25) is 5.95 Å². The average molecular weight is 377 g/mol. The molecule has 6 nitrogen and oxygen atoms in total. The van der Waals surface area contributed by atoms with E-state index in [1.54, 1.807) is 10.8 Å². The number of nitrogens with zero attached hydrogens (tertiary/aromatic N) is 4.